The van der Waals surface area contributed by atoms with Crippen LogP contribution in [-0.4, -0.2) is 29.6 Å². The minimum absolute atomic E-state index is 0.144. The third-order valence-electron chi connectivity index (χ3n) is 6.11. The highest BCUT2D eigenvalue weighted by molar-refractivity contribution is 5.96. The van der Waals surface area contributed by atoms with Crippen molar-refractivity contribution in [2.75, 3.05) is 5.32 Å². The van der Waals surface area contributed by atoms with Crippen LogP contribution in [0.3, 0.4) is 0 Å². The first-order valence-electron chi connectivity index (χ1n) is 12.8. The molecule has 2 amide bonds. The Labute approximate surface area is 213 Å². The normalized spacial score (nSPS) is 15.0. The van der Waals surface area contributed by atoms with Crippen LogP contribution in [0, 0.1) is 5.92 Å². The van der Waals surface area contributed by atoms with Gasteiger partial charge in [0.15, 0.2) is 0 Å². The van der Waals surface area contributed by atoms with Crippen LogP contribution in [0.25, 0.3) is 0 Å². The Kier molecular flexibility index (Phi) is 9.91. The monoisotopic (exact) mass is 494 g/mol. The van der Waals surface area contributed by atoms with Gasteiger partial charge in [0.05, 0.1) is 6.42 Å². The molecule has 2 aromatic rings. The van der Waals surface area contributed by atoms with Crippen LogP contribution in [-0.2, 0) is 32.1 Å². The second-order valence-electron chi connectivity index (χ2n) is 10.4. The van der Waals surface area contributed by atoms with Crippen LogP contribution >= 0.6 is 0 Å². The maximum absolute atomic E-state index is 13.1. The Hall–Kier alpha value is -3.35. The fourth-order valence-electron chi connectivity index (χ4n) is 4.33. The van der Waals surface area contributed by atoms with Gasteiger partial charge in [-0.3, -0.25) is 9.59 Å². The van der Waals surface area contributed by atoms with Crippen molar-refractivity contribution in [2.24, 2.45) is 5.92 Å². The molecule has 1 aliphatic carbocycles. The second kappa shape index (κ2) is 13.1. The second-order valence-corrected chi connectivity index (χ2v) is 10.4. The van der Waals surface area contributed by atoms with Gasteiger partial charge < -0.3 is 20.1 Å². The quantitative estimate of drug-likeness (QED) is 0.431. The molecule has 1 fully saturated rings. The Morgan fingerprint density at radius 1 is 0.917 bits per heavy atom. The third kappa shape index (κ3) is 9.72. The van der Waals surface area contributed by atoms with E-state index in [9.17, 15) is 14.4 Å². The largest absolute Gasteiger partial charge is 0.461 e. The number of ether oxygens (including phenoxy) is 2. The number of carbonyl (C=O) groups is 3. The lowest BCUT2D eigenvalue weighted by Gasteiger charge is -2.28. The molecule has 2 aromatic carbocycles. The molecule has 1 aliphatic rings. The zero-order valence-electron chi connectivity index (χ0n) is 21.5. The molecule has 194 valence electrons. The molecule has 3 rings (SSSR count). The molecule has 0 heterocycles. The molecule has 0 spiro atoms. The molecular formula is C29H38N2O5. The summed E-state index contributed by atoms with van der Waals surface area (Å²) in [6.45, 7) is 5.62. The van der Waals surface area contributed by atoms with E-state index in [2.05, 4.69) is 10.6 Å². The maximum Gasteiger partial charge on any atom is 0.408 e. The van der Waals surface area contributed by atoms with Gasteiger partial charge in [-0.15, -0.1) is 0 Å². The zero-order valence-corrected chi connectivity index (χ0v) is 21.5. The molecule has 0 aliphatic heterocycles. The highest BCUT2D eigenvalue weighted by Gasteiger charge is 2.28. The average Bonchev–Trinajstić information content (AvgIpc) is 2.84. The fourth-order valence-corrected chi connectivity index (χ4v) is 4.33. The number of hydrogen-bond acceptors (Lipinski definition) is 5. The van der Waals surface area contributed by atoms with Gasteiger partial charge in [0, 0.05) is 5.69 Å². The van der Waals surface area contributed by atoms with Crippen LogP contribution in [0.5, 0.6) is 0 Å². The molecular weight excluding hydrogens is 456 g/mol. The smallest absolute Gasteiger partial charge is 0.408 e. The molecule has 0 unspecified atom stereocenters. The Morgan fingerprint density at radius 3 is 2.22 bits per heavy atom. The van der Waals surface area contributed by atoms with Crippen LogP contribution in [0.2, 0.25) is 0 Å². The van der Waals surface area contributed by atoms with Crippen molar-refractivity contribution in [1.29, 1.82) is 0 Å². The van der Waals surface area contributed by atoms with Crippen LogP contribution in [0.15, 0.2) is 54.6 Å². The summed E-state index contributed by atoms with van der Waals surface area (Å²) in [6, 6.07) is 15.9. The topological polar surface area (TPSA) is 93.7 Å². The number of alkyl carbamates (subject to hydrolysis) is 1. The first kappa shape index (κ1) is 27.2. The molecule has 7 heteroatoms. The lowest BCUT2D eigenvalue weighted by atomic mass is 9.84. The lowest BCUT2D eigenvalue weighted by molar-refractivity contribution is -0.144. The SMILES string of the molecule is CC(C)(C)OC(=O)N[C@@H](CC1CCCCC1)C(=O)Nc1ccc(CC(=O)OCc2ccccc2)cc1. The van der Waals surface area contributed by atoms with Gasteiger partial charge in [-0.25, -0.2) is 4.79 Å². The van der Waals surface area contributed by atoms with Crippen molar-refractivity contribution in [1.82, 2.24) is 5.32 Å². The molecule has 1 saturated carbocycles. The number of hydrogen-bond donors (Lipinski definition) is 2. The summed E-state index contributed by atoms with van der Waals surface area (Å²) >= 11 is 0. The number of nitrogens with one attached hydrogen (secondary N) is 2. The Morgan fingerprint density at radius 2 is 1.58 bits per heavy atom. The standard InChI is InChI=1S/C29H38N2O5/c1-29(2,3)36-28(34)31-25(18-21-10-6-4-7-11-21)27(33)30-24-16-14-22(15-17-24)19-26(32)35-20-23-12-8-5-9-13-23/h5,8-9,12-17,21,25H,4,6-7,10-11,18-20H2,1-3H3,(H,30,33)(H,31,34)/t25-/m0/s1. The van der Waals surface area contributed by atoms with E-state index in [0.717, 1.165) is 36.8 Å². The molecule has 0 aromatic heterocycles. The minimum atomic E-state index is -0.685. The first-order chi connectivity index (χ1) is 17.2. The maximum atomic E-state index is 13.1. The minimum Gasteiger partial charge on any atom is -0.461 e. The molecule has 2 N–H and O–H groups in total. The number of esters is 1. The van der Waals surface area contributed by atoms with E-state index in [4.69, 9.17) is 9.47 Å². The van der Waals surface area contributed by atoms with Crippen LogP contribution in [0.1, 0.15) is 70.4 Å². The van der Waals surface area contributed by atoms with Crippen LogP contribution < -0.4 is 10.6 Å². The number of carbonyl (C=O) groups excluding carboxylic acids is 3. The average molecular weight is 495 g/mol. The van der Waals surface area contributed by atoms with E-state index < -0.39 is 17.7 Å². The molecule has 36 heavy (non-hydrogen) atoms. The predicted molar refractivity (Wildman–Crippen MR) is 139 cm³/mol. The Bertz CT molecular complexity index is 993. The molecule has 7 nitrogen and oxygen atoms in total. The van der Waals surface area contributed by atoms with Crippen molar-refractivity contribution >= 4 is 23.7 Å². The van der Waals surface area contributed by atoms with Crippen molar-refractivity contribution < 1.29 is 23.9 Å². The number of rotatable bonds is 9. The summed E-state index contributed by atoms with van der Waals surface area (Å²) in [6.07, 6.45) is 5.79. The van der Waals surface area contributed by atoms with Crippen molar-refractivity contribution in [3.05, 3.63) is 65.7 Å². The highest BCUT2D eigenvalue weighted by atomic mass is 16.6. The zero-order chi connectivity index (χ0) is 26.0. The van der Waals surface area contributed by atoms with Gasteiger partial charge in [-0.1, -0.05) is 74.6 Å². The molecule has 1 atom stereocenters. The van der Waals surface area contributed by atoms with E-state index in [1.165, 1.54) is 6.42 Å². The molecule has 0 saturated heterocycles. The molecule has 0 radical (unpaired) electrons. The first-order valence-corrected chi connectivity index (χ1v) is 12.8. The highest BCUT2D eigenvalue weighted by Crippen LogP contribution is 2.28. The summed E-state index contributed by atoms with van der Waals surface area (Å²) in [4.78, 5) is 37.7. The van der Waals surface area contributed by atoms with Crippen molar-refractivity contribution in [3.8, 4) is 0 Å². The third-order valence-corrected chi connectivity index (χ3v) is 6.11. The van der Waals surface area contributed by atoms with Gasteiger partial charge in [0.25, 0.3) is 0 Å². The van der Waals surface area contributed by atoms with Crippen molar-refractivity contribution in [2.45, 2.75) is 84.0 Å². The lowest BCUT2D eigenvalue weighted by Crippen LogP contribution is -2.46. The van der Waals surface area contributed by atoms with Gasteiger partial charge in [0.2, 0.25) is 5.91 Å². The van der Waals surface area contributed by atoms with E-state index in [1.54, 1.807) is 45.0 Å². The van der Waals surface area contributed by atoms with Gasteiger partial charge >= 0.3 is 12.1 Å². The number of anilines is 1. The summed E-state index contributed by atoms with van der Waals surface area (Å²) in [5.41, 5.74) is 1.68. The Balaban J connectivity index is 1.55. The molecule has 0 bridgehead atoms. The summed E-state index contributed by atoms with van der Waals surface area (Å²) in [7, 11) is 0. The summed E-state index contributed by atoms with van der Waals surface area (Å²) in [5.74, 6) is -0.195. The van der Waals surface area contributed by atoms with E-state index in [-0.39, 0.29) is 24.9 Å². The van der Waals surface area contributed by atoms with Gasteiger partial charge in [-0.05, 0) is 56.4 Å². The van der Waals surface area contributed by atoms with E-state index >= 15 is 0 Å². The predicted octanol–water partition coefficient (Wildman–Crippen LogP) is 5.77. The summed E-state index contributed by atoms with van der Waals surface area (Å²) in [5, 5.41) is 5.67. The number of amides is 2. The van der Waals surface area contributed by atoms with Gasteiger partial charge in [0.1, 0.15) is 18.2 Å². The van der Waals surface area contributed by atoms with E-state index in [0.29, 0.717) is 18.0 Å². The fraction of sp³-hybridized carbons (Fsp3) is 0.483. The number of benzene rings is 2. The van der Waals surface area contributed by atoms with E-state index in [1.807, 2.05) is 30.3 Å². The van der Waals surface area contributed by atoms with Gasteiger partial charge in [-0.2, -0.15) is 0 Å². The summed E-state index contributed by atoms with van der Waals surface area (Å²) < 4.78 is 10.7. The van der Waals surface area contributed by atoms with Crippen molar-refractivity contribution in [3.63, 3.8) is 0 Å². The van der Waals surface area contributed by atoms with Crippen LogP contribution in [0.4, 0.5) is 10.5 Å².